The molecule has 3 rings (SSSR count). The van der Waals surface area contributed by atoms with Gasteiger partial charge in [-0.1, -0.05) is 11.6 Å². The van der Waals surface area contributed by atoms with E-state index in [1.54, 1.807) is 17.0 Å². The second-order valence-corrected chi connectivity index (χ2v) is 6.30. The third-order valence-corrected chi connectivity index (χ3v) is 4.66. The van der Waals surface area contributed by atoms with Gasteiger partial charge in [0.05, 0.1) is 5.56 Å². The molecule has 22 heavy (non-hydrogen) atoms. The second kappa shape index (κ2) is 6.65. The van der Waals surface area contributed by atoms with Crippen molar-refractivity contribution in [2.24, 2.45) is 0 Å². The van der Waals surface area contributed by atoms with Crippen molar-refractivity contribution in [3.8, 4) is 0 Å². The number of nitrogens with zero attached hydrogens (tertiary/aromatic N) is 3. The molecule has 2 aliphatic rings. The van der Waals surface area contributed by atoms with Gasteiger partial charge in [0.1, 0.15) is 11.2 Å². The van der Waals surface area contributed by atoms with E-state index >= 15 is 0 Å². The summed E-state index contributed by atoms with van der Waals surface area (Å²) >= 11 is 5.76. The fourth-order valence-corrected chi connectivity index (χ4v) is 3.37. The SMILES string of the molecule is O=C([C@@H]1CCCN1C(=O)c1ccc(Cl)nc1)N1CCCCC1. The van der Waals surface area contributed by atoms with Crippen LogP contribution in [0.15, 0.2) is 18.3 Å². The van der Waals surface area contributed by atoms with E-state index in [0.29, 0.717) is 17.3 Å². The standard InChI is InChI=1S/C16H20ClN3O2/c17-14-7-6-12(11-18-14)15(21)20-10-4-5-13(20)16(22)19-8-2-1-3-9-19/h6-7,11,13H,1-5,8-10H2/t13-/m0/s1. The number of carbonyl (C=O) groups is 2. The Bertz CT molecular complexity index is 555. The number of likely N-dealkylation sites (tertiary alicyclic amines) is 2. The molecule has 2 amide bonds. The Morgan fingerprint density at radius 2 is 1.86 bits per heavy atom. The number of piperidine rings is 1. The lowest BCUT2D eigenvalue weighted by molar-refractivity contribution is -0.136. The summed E-state index contributed by atoms with van der Waals surface area (Å²) in [6.45, 7) is 2.27. The van der Waals surface area contributed by atoms with Crippen molar-refractivity contribution in [1.29, 1.82) is 0 Å². The second-order valence-electron chi connectivity index (χ2n) is 5.91. The zero-order valence-corrected chi connectivity index (χ0v) is 13.3. The first-order valence-corrected chi connectivity index (χ1v) is 8.26. The molecule has 2 fully saturated rings. The average Bonchev–Trinajstić information content (AvgIpc) is 3.04. The first-order valence-electron chi connectivity index (χ1n) is 7.88. The molecule has 2 aliphatic heterocycles. The average molecular weight is 322 g/mol. The zero-order valence-electron chi connectivity index (χ0n) is 12.5. The number of hydrogen-bond acceptors (Lipinski definition) is 3. The maximum atomic E-state index is 12.7. The molecule has 0 unspecified atom stereocenters. The van der Waals surface area contributed by atoms with E-state index in [4.69, 9.17) is 11.6 Å². The van der Waals surface area contributed by atoms with Gasteiger partial charge in [0.15, 0.2) is 0 Å². The Morgan fingerprint density at radius 3 is 2.55 bits per heavy atom. The summed E-state index contributed by atoms with van der Waals surface area (Å²) < 4.78 is 0. The number of rotatable bonds is 2. The number of pyridine rings is 1. The van der Waals surface area contributed by atoms with Crippen LogP contribution in [-0.4, -0.2) is 52.3 Å². The predicted octanol–water partition coefficient (Wildman–Crippen LogP) is 2.35. The predicted molar refractivity (Wildman–Crippen MR) is 83.7 cm³/mol. The molecule has 118 valence electrons. The van der Waals surface area contributed by atoms with Crippen molar-refractivity contribution in [3.05, 3.63) is 29.0 Å². The Labute approximate surface area is 135 Å². The monoisotopic (exact) mass is 321 g/mol. The van der Waals surface area contributed by atoms with Gasteiger partial charge in [0.25, 0.3) is 5.91 Å². The van der Waals surface area contributed by atoms with Crippen LogP contribution in [0.1, 0.15) is 42.5 Å². The topological polar surface area (TPSA) is 53.5 Å². The fraction of sp³-hybridized carbons (Fsp3) is 0.562. The van der Waals surface area contributed by atoms with Crippen molar-refractivity contribution >= 4 is 23.4 Å². The van der Waals surface area contributed by atoms with Gasteiger partial charge in [0, 0.05) is 25.8 Å². The molecule has 2 saturated heterocycles. The van der Waals surface area contributed by atoms with Gasteiger partial charge in [0.2, 0.25) is 5.91 Å². The van der Waals surface area contributed by atoms with Crippen LogP contribution in [-0.2, 0) is 4.79 Å². The molecule has 1 aromatic heterocycles. The highest BCUT2D eigenvalue weighted by Gasteiger charge is 2.37. The molecule has 5 nitrogen and oxygen atoms in total. The molecule has 1 atom stereocenters. The smallest absolute Gasteiger partial charge is 0.256 e. The number of hydrogen-bond donors (Lipinski definition) is 0. The minimum Gasteiger partial charge on any atom is -0.341 e. The summed E-state index contributed by atoms with van der Waals surface area (Å²) in [6, 6.07) is 2.95. The van der Waals surface area contributed by atoms with Crippen LogP contribution in [0.2, 0.25) is 5.15 Å². The lowest BCUT2D eigenvalue weighted by Gasteiger charge is -2.32. The van der Waals surface area contributed by atoms with Gasteiger partial charge in [-0.15, -0.1) is 0 Å². The van der Waals surface area contributed by atoms with E-state index in [0.717, 1.165) is 38.8 Å². The molecule has 0 aromatic carbocycles. The van der Waals surface area contributed by atoms with Crippen LogP contribution < -0.4 is 0 Å². The Kier molecular flexibility index (Phi) is 4.62. The minimum atomic E-state index is -0.318. The molecule has 0 bridgehead atoms. The first-order chi connectivity index (χ1) is 10.7. The molecular weight excluding hydrogens is 302 g/mol. The summed E-state index contributed by atoms with van der Waals surface area (Å²) in [4.78, 5) is 32.9. The van der Waals surface area contributed by atoms with Crippen LogP contribution in [0.25, 0.3) is 0 Å². The van der Waals surface area contributed by atoms with E-state index in [-0.39, 0.29) is 17.9 Å². The highest BCUT2D eigenvalue weighted by Crippen LogP contribution is 2.23. The van der Waals surface area contributed by atoms with E-state index in [9.17, 15) is 9.59 Å². The molecule has 0 N–H and O–H groups in total. The fourth-order valence-electron chi connectivity index (χ4n) is 3.26. The van der Waals surface area contributed by atoms with Gasteiger partial charge in [-0.25, -0.2) is 4.98 Å². The molecule has 0 spiro atoms. The van der Waals surface area contributed by atoms with E-state index < -0.39 is 0 Å². The van der Waals surface area contributed by atoms with Crippen molar-refractivity contribution in [2.75, 3.05) is 19.6 Å². The Balaban J connectivity index is 1.73. The normalized spacial score (nSPS) is 22.0. The number of aromatic nitrogens is 1. The van der Waals surface area contributed by atoms with E-state index in [1.807, 2.05) is 4.90 Å². The summed E-state index contributed by atoms with van der Waals surface area (Å²) in [5.41, 5.74) is 0.489. The van der Waals surface area contributed by atoms with Crippen molar-refractivity contribution < 1.29 is 9.59 Å². The van der Waals surface area contributed by atoms with Gasteiger partial charge >= 0.3 is 0 Å². The Morgan fingerprint density at radius 1 is 1.09 bits per heavy atom. The van der Waals surface area contributed by atoms with E-state index in [2.05, 4.69) is 4.98 Å². The van der Waals surface area contributed by atoms with Crippen molar-refractivity contribution in [3.63, 3.8) is 0 Å². The largest absolute Gasteiger partial charge is 0.341 e. The minimum absolute atomic E-state index is 0.104. The van der Waals surface area contributed by atoms with Crippen molar-refractivity contribution in [1.82, 2.24) is 14.8 Å². The Hall–Kier alpha value is -1.62. The van der Waals surface area contributed by atoms with Crippen LogP contribution in [0.3, 0.4) is 0 Å². The molecule has 3 heterocycles. The van der Waals surface area contributed by atoms with Crippen LogP contribution in [0.5, 0.6) is 0 Å². The van der Waals surface area contributed by atoms with Gasteiger partial charge in [-0.2, -0.15) is 0 Å². The molecule has 0 aliphatic carbocycles. The molecule has 6 heteroatoms. The van der Waals surface area contributed by atoms with Crippen LogP contribution in [0, 0.1) is 0 Å². The van der Waals surface area contributed by atoms with Crippen LogP contribution >= 0.6 is 11.6 Å². The number of amides is 2. The third-order valence-electron chi connectivity index (χ3n) is 4.44. The quantitative estimate of drug-likeness (QED) is 0.786. The summed E-state index contributed by atoms with van der Waals surface area (Å²) in [5.74, 6) is -0.0236. The summed E-state index contributed by atoms with van der Waals surface area (Å²) in [6.07, 6.45) is 6.42. The molecule has 1 aromatic rings. The first kappa shape index (κ1) is 15.3. The summed E-state index contributed by atoms with van der Waals surface area (Å²) in [7, 11) is 0. The van der Waals surface area contributed by atoms with Crippen LogP contribution in [0.4, 0.5) is 0 Å². The summed E-state index contributed by atoms with van der Waals surface area (Å²) in [5, 5.41) is 0.360. The number of halogens is 1. The molecule has 0 radical (unpaired) electrons. The zero-order chi connectivity index (χ0) is 15.5. The van der Waals surface area contributed by atoms with Gasteiger partial charge in [-0.3, -0.25) is 9.59 Å². The lowest BCUT2D eigenvalue weighted by atomic mass is 10.1. The van der Waals surface area contributed by atoms with Crippen molar-refractivity contribution in [2.45, 2.75) is 38.1 Å². The van der Waals surface area contributed by atoms with E-state index in [1.165, 1.54) is 12.6 Å². The number of carbonyl (C=O) groups excluding carboxylic acids is 2. The molecular formula is C16H20ClN3O2. The maximum absolute atomic E-state index is 12.7. The third kappa shape index (κ3) is 3.09. The highest BCUT2D eigenvalue weighted by atomic mass is 35.5. The maximum Gasteiger partial charge on any atom is 0.256 e. The molecule has 0 saturated carbocycles. The van der Waals surface area contributed by atoms with Gasteiger partial charge < -0.3 is 9.80 Å². The van der Waals surface area contributed by atoms with Gasteiger partial charge in [-0.05, 0) is 44.2 Å². The highest BCUT2D eigenvalue weighted by molar-refractivity contribution is 6.29. The lowest BCUT2D eigenvalue weighted by Crippen LogP contribution is -2.49.